The summed E-state index contributed by atoms with van der Waals surface area (Å²) in [6.45, 7) is 1.07. The molecule has 1 fully saturated rings. The maximum absolute atomic E-state index is 11.5. The van der Waals surface area contributed by atoms with Gasteiger partial charge in [-0.05, 0) is 6.07 Å². The van der Waals surface area contributed by atoms with Crippen LogP contribution < -0.4 is 16.0 Å². The van der Waals surface area contributed by atoms with E-state index in [2.05, 4.69) is 5.32 Å². The summed E-state index contributed by atoms with van der Waals surface area (Å²) in [7, 11) is 0. The normalized spacial score (nSPS) is 16.8. The van der Waals surface area contributed by atoms with Gasteiger partial charge in [-0.3, -0.25) is 9.69 Å². The second kappa shape index (κ2) is 4.42. The highest BCUT2D eigenvalue weighted by Crippen LogP contribution is 2.26. The average molecular weight is 235 g/mol. The Kier molecular flexibility index (Phi) is 2.97. The van der Waals surface area contributed by atoms with Crippen LogP contribution in [-0.2, 0) is 4.79 Å². The van der Waals surface area contributed by atoms with E-state index < -0.39 is 12.0 Å². The Balaban J connectivity index is 2.40. The molecule has 1 aliphatic heterocycles. The number of hydrogen-bond acceptors (Lipinski definition) is 3. The van der Waals surface area contributed by atoms with Crippen molar-refractivity contribution >= 4 is 17.7 Å². The lowest BCUT2D eigenvalue weighted by molar-refractivity contribution is -0.138. The molecule has 0 bridgehead atoms. The number of para-hydroxylation sites is 1. The second-order valence-corrected chi connectivity index (χ2v) is 3.76. The third-order valence-corrected chi connectivity index (χ3v) is 2.69. The summed E-state index contributed by atoms with van der Waals surface area (Å²) in [6, 6.07) is 5.42. The number of nitrogens with zero attached hydrogens (tertiary/aromatic N) is 1. The maximum atomic E-state index is 11.5. The molecule has 1 aromatic rings. The average Bonchev–Trinajstić information content (AvgIpc) is 2.74. The van der Waals surface area contributed by atoms with Crippen molar-refractivity contribution in [1.82, 2.24) is 5.32 Å². The van der Waals surface area contributed by atoms with E-state index in [0.717, 1.165) is 0 Å². The van der Waals surface area contributed by atoms with Crippen molar-refractivity contribution in [3.63, 3.8) is 0 Å². The number of carboxylic acid groups (broad SMARTS) is 1. The molecule has 1 atom stereocenters. The predicted octanol–water partition coefficient (Wildman–Crippen LogP) is 0.301. The molecule has 1 aromatic carbocycles. The van der Waals surface area contributed by atoms with E-state index in [9.17, 15) is 9.59 Å². The van der Waals surface area contributed by atoms with Crippen LogP contribution in [0.3, 0.4) is 0 Å². The van der Waals surface area contributed by atoms with Gasteiger partial charge in [0.25, 0.3) is 0 Å². The molecule has 2 amide bonds. The van der Waals surface area contributed by atoms with Gasteiger partial charge >= 0.3 is 12.0 Å². The lowest BCUT2D eigenvalue weighted by atomic mass is 10.0. The number of urea groups is 1. The van der Waals surface area contributed by atoms with Crippen molar-refractivity contribution in [2.24, 2.45) is 5.73 Å². The number of nitrogens with two attached hydrogens (primary N) is 1. The first-order chi connectivity index (χ1) is 8.11. The topological polar surface area (TPSA) is 95.7 Å². The lowest BCUT2D eigenvalue weighted by Gasteiger charge is -2.20. The molecule has 1 heterocycles. The minimum atomic E-state index is -1.13. The van der Waals surface area contributed by atoms with E-state index >= 15 is 0 Å². The highest BCUT2D eigenvalue weighted by molar-refractivity contribution is 5.95. The molecule has 4 N–H and O–H groups in total. The first-order valence-electron chi connectivity index (χ1n) is 5.24. The summed E-state index contributed by atoms with van der Waals surface area (Å²) >= 11 is 0. The molecular weight excluding hydrogens is 222 g/mol. The first-order valence-corrected chi connectivity index (χ1v) is 5.24. The molecule has 90 valence electrons. The number of aliphatic carboxylic acids is 1. The van der Waals surface area contributed by atoms with E-state index in [1.165, 1.54) is 4.90 Å². The number of carbonyl (C=O) groups excluding carboxylic acids is 1. The van der Waals surface area contributed by atoms with E-state index in [0.29, 0.717) is 24.3 Å². The Bertz CT molecular complexity index is 461. The maximum Gasteiger partial charge on any atom is 0.325 e. The minimum absolute atomic E-state index is 0.227. The Labute approximate surface area is 98.0 Å². The summed E-state index contributed by atoms with van der Waals surface area (Å²) < 4.78 is 0. The second-order valence-electron chi connectivity index (χ2n) is 3.76. The number of anilines is 1. The van der Waals surface area contributed by atoms with Gasteiger partial charge < -0.3 is 16.2 Å². The van der Waals surface area contributed by atoms with Crippen LogP contribution in [0.4, 0.5) is 10.5 Å². The Morgan fingerprint density at radius 2 is 2.18 bits per heavy atom. The zero-order valence-corrected chi connectivity index (χ0v) is 9.09. The van der Waals surface area contributed by atoms with Gasteiger partial charge in [-0.2, -0.15) is 0 Å². The predicted molar refractivity (Wildman–Crippen MR) is 61.8 cm³/mol. The zero-order valence-electron chi connectivity index (χ0n) is 9.09. The summed E-state index contributed by atoms with van der Waals surface area (Å²) in [5.41, 5.74) is 6.59. The van der Waals surface area contributed by atoms with Gasteiger partial charge in [0.15, 0.2) is 0 Å². The molecule has 0 radical (unpaired) electrons. The fourth-order valence-electron chi connectivity index (χ4n) is 1.83. The van der Waals surface area contributed by atoms with Crippen LogP contribution in [0.25, 0.3) is 0 Å². The van der Waals surface area contributed by atoms with Crippen LogP contribution in [0.2, 0.25) is 0 Å². The summed E-state index contributed by atoms with van der Waals surface area (Å²) in [5, 5.41) is 11.6. The third kappa shape index (κ3) is 2.07. The highest BCUT2D eigenvalue weighted by atomic mass is 16.4. The highest BCUT2D eigenvalue weighted by Gasteiger charge is 2.26. The smallest absolute Gasteiger partial charge is 0.325 e. The van der Waals surface area contributed by atoms with E-state index in [4.69, 9.17) is 10.8 Å². The van der Waals surface area contributed by atoms with Crippen LogP contribution >= 0.6 is 0 Å². The van der Waals surface area contributed by atoms with Gasteiger partial charge in [0.1, 0.15) is 6.04 Å². The fourth-order valence-corrected chi connectivity index (χ4v) is 1.83. The Morgan fingerprint density at radius 3 is 2.76 bits per heavy atom. The number of nitrogens with one attached hydrogen (secondary N) is 1. The number of benzene rings is 1. The van der Waals surface area contributed by atoms with Crippen molar-refractivity contribution in [3.8, 4) is 0 Å². The molecule has 1 aliphatic rings. The van der Waals surface area contributed by atoms with Crippen molar-refractivity contribution in [1.29, 1.82) is 0 Å². The Morgan fingerprint density at radius 1 is 1.47 bits per heavy atom. The van der Waals surface area contributed by atoms with Crippen molar-refractivity contribution in [2.75, 3.05) is 18.0 Å². The molecule has 2 rings (SSSR count). The summed E-state index contributed by atoms with van der Waals surface area (Å²) in [6.07, 6.45) is 0. The summed E-state index contributed by atoms with van der Waals surface area (Å²) in [4.78, 5) is 23.9. The van der Waals surface area contributed by atoms with Crippen molar-refractivity contribution in [3.05, 3.63) is 29.8 Å². The van der Waals surface area contributed by atoms with Gasteiger partial charge in [-0.15, -0.1) is 0 Å². The van der Waals surface area contributed by atoms with Crippen molar-refractivity contribution in [2.45, 2.75) is 6.04 Å². The number of carbonyl (C=O) groups is 2. The molecule has 0 spiro atoms. The molecule has 17 heavy (non-hydrogen) atoms. The first kappa shape index (κ1) is 11.4. The zero-order chi connectivity index (χ0) is 12.4. The fraction of sp³-hybridized carbons (Fsp3) is 0.273. The standard InChI is InChI=1S/C11H13N3O3/c12-9(10(15)16)7-3-1-2-4-8(7)14-6-5-13-11(14)17/h1-4,9H,5-6,12H2,(H,13,17)(H,15,16). The van der Waals surface area contributed by atoms with Crippen LogP contribution in [0.5, 0.6) is 0 Å². The molecule has 0 aliphatic carbocycles. The lowest BCUT2D eigenvalue weighted by Crippen LogP contribution is -2.31. The van der Waals surface area contributed by atoms with Gasteiger partial charge in [0, 0.05) is 18.7 Å². The van der Waals surface area contributed by atoms with E-state index in [1.54, 1.807) is 24.3 Å². The van der Waals surface area contributed by atoms with Gasteiger partial charge in [-0.25, -0.2) is 4.79 Å². The number of carboxylic acids is 1. The van der Waals surface area contributed by atoms with Gasteiger partial charge in [0.05, 0.1) is 5.69 Å². The van der Waals surface area contributed by atoms with Crippen LogP contribution in [-0.4, -0.2) is 30.2 Å². The number of rotatable bonds is 3. The Hall–Kier alpha value is -2.08. The van der Waals surface area contributed by atoms with Gasteiger partial charge in [-0.1, -0.05) is 18.2 Å². The van der Waals surface area contributed by atoms with Crippen LogP contribution in [0.15, 0.2) is 24.3 Å². The molecule has 1 unspecified atom stereocenters. The molecule has 6 nitrogen and oxygen atoms in total. The van der Waals surface area contributed by atoms with Crippen LogP contribution in [0.1, 0.15) is 11.6 Å². The monoisotopic (exact) mass is 235 g/mol. The quantitative estimate of drug-likeness (QED) is 0.702. The number of hydrogen-bond donors (Lipinski definition) is 3. The largest absolute Gasteiger partial charge is 0.480 e. The van der Waals surface area contributed by atoms with E-state index in [-0.39, 0.29) is 6.03 Å². The molecular formula is C11H13N3O3. The molecule has 1 saturated heterocycles. The summed E-state index contributed by atoms with van der Waals surface area (Å²) in [5.74, 6) is -1.11. The molecule has 6 heteroatoms. The third-order valence-electron chi connectivity index (χ3n) is 2.69. The van der Waals surface area contributed by atoms with Crippen LogP contribution in [0, 0.1) is 0 Å². The van der Waals surface area contributed by atoms with E-state index in [1.807, 2.05) is 0 Å². The van der Waals surface area contributed by atoms with Gasteiger partial charge in [0.2, 0.25) is 0 Å². The molecule has 0 saturated carbocycles. The molecule has 0 aromatic heterocycles. The number of amides is 2. The SMILES string of the molecule is NC(C(=O)O)c1ccccc1N1CCNC1=O. The minimum Gasteiger partial charge on any atom is -0.480 e. The van der Waals surface area contributed by atoms with Crippen molar-refractivity contribution < 1.29 is 14.7 Å².